The summed E-state index contributed by atoms with van der Waals surface area (Å²) in [6.45, 7) is 7.23. The number of hydrogen-bond acceptors (Lipinski definition) is 1. The zero-order valence-electron chi connectivity index (χ0n) is 11.7. The highest BCUT2D eigenvalue weighted by molar-refractivity contribution is 9.09. The zero-order valence-corrected chi connectivity index (χ0v) is 14.0. The average molecular weight is 347 g/mol. The number of carbonyl (C=O) groups is 1. The Bertz CT molecular complexity index is 411. The first kappa shape index (κ1) is 16.5. The zero-order chi connectivity index (χ0) is 14.5. The van der Waals surface area contributed by atoms with Crippen LogP contribution in [0.15, 0.2) is 24.3 Å². The van der Waals surface area contributed by atoms with Crippen molar-refractivity contribution in [3.63, 3.8) is 0 Å². The molecule has 1 atom stereocenters. The maximum absolute atomic E-state index is 11.8. The molecule has 0 aliphatic heterocycles. The number of carbonyl (C=O) groups excluding carboxylic acids is 1. The highest BCUT2D eigenvalue weighted by Gasteiger charge is 2.17. The number of halogens is 2. The van der Waals surface area contributed by atoms with Crippen LogP contribution in [0.4, 0.5) is 0 Å². The lowest BCUT2D eigenvalue weighted by molar-refractivity contribution is -0.120. The van der Waals surface area contributed by atoms with E-state index in [0.717, 1.165) is 12.0 Å². The van der Waals surface area contributed by atoms with E-state index in [1.165, 1.54) is 0 Å². The van der Waals surface area contributed by atoms with Crippen LogP contribution >= 0.6 is 27.5 Å². The minimum Gasteiger partial charge on any atom is -0.355 e. The SMILES string of the molecule is CC(C)(C)CC(Br)CNC(=O)Cc1ccc(Cl)cc1. The molecule has 1 unspecified atom stereocenters. The van der Waals surface area contributed by atoms with Crippen molar-refractivity contribution in [3.05, 3.63) is 34.9 Å². The number of benzene rings is 1. The molecule has 0 spiro atoms. The fourth-order valence-electron chi connectivity index (χ4n) is 1.81. The Labute approximate surface area is 129 Å². The number of rotatable bonds is 5. The summed E-state index contributed by atoms with van der Waals surface area (Å²) in [6.07, 6.45) is 1.42. The van der Waals surface area contributed by atoms with Gasteiger partial charge in [-0.05, 0) is 29.5 Å². The summed E-state index contributed by atoms with van der Waals surface area (Å²) in [5.41, 5.74) is 1.23. The predicted molar refractivity (Wildman–Crippen MR) is 85.0 cm³/mol. The summed E-state index contributed by atoms with van der Waals surface area (Å²) < 4.78 is 0. The molecule has 106 valence electrons. The number of alkyl halides is 1. The highest BCUT2D eigenvalue weighted by atomic mass is 79.9. The summed E-state index contributed by atoms with van der Waals surface area (Å²) in [4.78, 5) is 12.1. The second-order valence-corrected chi connectivity index (χ2v) is 7.70. The average Bonchev–Trinajstić information content (AvgIpc) is 2.27. The van der Waals surface area contributed by atoms with Crippen LogP contribution in [0.25, 0.3) is 0 Å². The first-order valence-corrected chi connectivity index (χ1v) is 7.71. The third-order valence-electron chi connectivity index (χ3n) is 2.63. The minimum absolute atomic E-state index is 0.0423. The summed E-state index contributed by atoms with van der Waals surface area (Å²) >= 11 is 9.41. The van der Waals surface area contributed by atoms with Gasteiger partial charge < -0.3 is 5.32 Å². The van der Waals surface area contributed by atoms with Crippen molar-refractivity contribution in [1.82, 2.24) is 5.32 Å². The molecule has 0 heterocycles. The van der Waals surface area contributed by atoms with E-state index < -0.39 is 0 Å². The van der Waals surface area contributed by atoms with Crippen molar-refractivity contribution < 1.29 is 4.79 Å². The molecule has 1 N–H and O–H groups in total. The maximum atomic E-state index is 11.8. The largest absolute Gasteiger partial charge is 0.355 e. The van der Waals surface area contributed by atoms with Gasteiger partial charge in [0, 0.05) is 16.4 Å². The van der Waals surface area contributed by atoms with Crippen LogP contribution in [0.5, 0.6) is 0 Å². The van der Waals surface area contributed by atoms with Crippen molar-refractivity contribution in [3.8, 4) is 0 Å². The molecule has 0 bridgehead atoms. The van der Waals surface area contributed by atoms with Crippen molar-refractivity contribution in [2.45, 2.75) is 38.4 Å². The van der Waals surface area contributed by atoms with E-state index in [9.17, 15) is 4.79 Å². The van der Waals surface area contributed by atoms with Gasteiger partial charge in [0.25, 0.3) is 0 Å². The lowest BCUT2D eigenvalue weighted by atomic mass is 9.90. The Balaban J connectivity index is 2.34. The van der Waals surface area contributed by atoms with Crippen molar-refractivity contribution in [2.24, 2.45) is 5.41 Å². The number of hydrogen-bond donors (Lipinski definition) is 1. The van der Waals surface area contributed by atoms with Gasteiger partial charge in [0.1, 0.15) is 0 Å². The van der Waals surface area contributed by atoms with Crippen LogP contribution in [0, 0.1) is 5.41 Å². The third kappa shape index (κ3) is 7.58. The molecular weight excluding hydrogens is 326 g/mol. The van der Waals surface area contributed by atoms with Gasteiger partial charge in [-0.3, -0.25) is 4.79 Å². The first-order valence-electron chi connectivity index (χ1n) is 6.41. The van der Waals surface area contributed by atoms with Crippen molar-refractivity contribution in [1.29, 1.82) is 0 Å². The molecule has 0 aromatic heterocycles. The summed E-state index contributed by atoms with van der Waals surface area (Å²) in [7, 11) is 0. The fourth-order valence-corrected chi connectivity index (χ4v) is 3.07. The van der Waals surface area contributed by atoms with Gasteiger partial charge in [0.15, 0.2) is 0 Å². The van der Waals surface area contributed by atoms with E-state index in [1.807, 2.05) is 12.1 Å². The van der Waals surface area contributed by atoms with Gasteiger partial charge in [-0.2, -0.15) is 0 Å². The quantitative estimate of drug-likeness (QED) is 0.795. The Morgan fingerprint density at radius 2 is 1.89 bits per heavy atom. The highest BCUT2D eigenvalue weighted by Crippen LogP contribution is 2.24. The van der Waals surface area contributed by atoms with E-state index in [0.29, 0.717) is 22.8 Å². The second-order valence-electron chi connectivity index (χ2n) is 5.97. The Morgan fingerprint density at radius 1 is 1.32 bits per heavy atom. The molecule has 0 saturated carbocycles. The molecule has 0 aliphatic rings. The van der Waals surface area contributed by atoms with E-state index in [2.05, 4.69) is 42.0 Å². The van der Waals surface area contributed by atoms with Gasteiger partial charge in [-0.25, -0.2) is 0 Å². The summed E-state index contributed by atoms with van der Waals surface area (Å²) in [6, 6.07) is 7.36. The van der Waals surface area contributed by atoms with Crippen molar-refractivity contribution in [2.75, 3.05) is 6.54 Å². The minimum atomic E-state index is 0.0423. The molecule has 0 aliphatic carbocycles. The molecule has 2 nitrogen and oxygen atoms in total. The molecule has 4 heteroatoms. The van der Waals surface area contributed by atoms with Gasteiger partial charge in [0.2, 0.25) is 5.91 Å². The molecule has 1 rings (SSSR count). The monoisotopic (exact) mass is 345 g/mol. The van der Waals surface area contributed by atoms with Gasteiger partial charge in [0.05, 0.1) is 6.42 Å². The lowest BCUT2D eigenvalue weighted by Crippen LogP contribution is -2.32. The molecule has 19 heavy (non-hydrogen) atoms. The summed E-state index contributed by atoms with van der Waals surface area (Å²) in [5, 5.41) is 3.64. The van der Waals surface area contributed by atoms with Crippen LogP contribution < -0.4 is 5.32 Å². The lowest BCUT2D eigenvalue weighted by Gasteiger charge is -2.22. The standard InChI is InChI=1S/C15H21BrClNO/c1-15(2,3)9-12(16)10-18-14(19)8-11-4-6-13(17)7-5-11/h4-7,12H,8-10H2,1-3H3,(H,18,19). The molecule has 1 aromatic carbocycles. The van der Waals surface area contributed by atoms with Gasteiger partial charge in [-0.1, -0.05) is 60.4 Å². The Kier molecular flexibility index (Phi) is 6.34. The van der Waals surface area contributed by atoms with Crippen LogP contribution in [0.3, 0.4) is 0 Å². The number of amides is 1. The van der Waals surface area contributed by atoms with Crippen LogP contribution in [0.1, 0.15) is 32.8 Å². The first-order chi connectivity index (χ1) is 8.76. The topological polar surface area (TPSA) is 29.1 Å². The van der Waals surface area contributed by atoms with Crippen LogP contribution in [-0.4, -0.2) is 17.3 Å². The third-order valence-corrected chi connectivity index (χ3v) is 3.53. The second kappa shape index (κ2) is 7.30. The molecule has 0 saturated heterocycles. The molecular formula is C15H21BrClNO. The van der Waals surface area contributed by atoms with Crippen LogP contribution in [0.2, 0.25) is 5.02 Å². The van der Waals surface area contributed by atoms with Gasteiger partial charge in [-0.15, -0.1) is 0 Å². The number of nitrogens with one attached hydrogen (secondary N) is 1. The normalized spacial score (nSPS) is 13.1. The molecule has 1 aromatic rings. The fraction of sp³-hybridized carbons (Fsp3) is 0.533. The van der Waals surface area contributed by atoms with Gasteiger partial charge >= 0.3 is 0 Å². The molecule has 0 fully saturated rings. The predicted octanol–water partition coefficient (Wildman–Crippen LogP) is 4.20. The van der Waals surface area contributed by atoms with E-state index in [4.69, 9.17) is 11.6 Å². The summed E-state index contributed by atoms with van der Waals surface area (Å²) in [5.74, 6) is 0.0423. The van der Waals surface area contributed by atoms with E-state index >= 15 is 0 Å². The maximum Gasteiger partial charge on any atom is 0.224 e. The smallest absolute Gasteiger partial charge is 0.224 e. The van der Waals surface area contributed by atoms with E-state index in [-0.39, 0.29) is 11.3 Å². The van der Waals surface area contributed by atoms with Crippen LogP contribution in [-0.2, 0) is 11.2 Å². The Hall–Kier alpha value is -0.540. The van der Waals surface area contributed by atoms with Crippen molar-refractivity contribution >= 4 is 33.4 Å². The van der Waals surface area contributed by atoms with E-state index in [1.54, 1.807) is 12.1 Å². The molecule has 0 radical (unpaired) electrons. The Morgan fingerprint density at radius 3 is 2.42 bits per heavy atom. The molecule has 1 amide bonds.